The second-order valence-electron chi connectivity index (χ2n) is 9.69. The molecule has 0 unspecified atom stereocenters. The number of benzene rings is 1. The number of amides is 3. The van der Waals surface area contributed by atoms with Crippen molar-refractivity contribution in [1.82, 2.24) is 16.0 Å². The fourth-order valence-electron chi connectivity index (χ4n) is 3.06. The van der Waals surface area contributed by atoms with Crippen LogP contribution in [-0.2, 0) is 25.5 Å². The van der Waals surface area contributed by atoms with E-state index in [9.17, 15) is 24.3 Å². The first kappa shape index (κ1) is 27.9. The summed E-state index contributed by atoms with van der Waals surface area (Å²) in [5.74, 6) is -2.98. The Hall–Kier alpha value is -3.10. The van der Waals surface area contributed by atoms with Crippen molar-refractivity contribution in [3.8, 4) is 0 Å². The third kappa shape index (κ3) is 9.93. The number of hydrogen-bond donors (Lipinski definition) is 4. The maximum absolute atomic E-state index is 13.1. The number of carbonyl (C=O) groups excluding carboxylic acids is 3. The number of carbonyl (C=O) groups is 4. The topological polar surface area (TPSA) is 134 Å². The van der Waals surface area contributed by atoms with Gasteiger partial charge >= 0.3 is 12.1 Å². The molecular formula is C24H37N3O6. The molecule has 0 aliphatic heterocycles. The van der Waals surface area contributed by atoms with E-state index in [2.05, 4.69) is 16.0 Å². The van der Waals surface area contributed by atoms with Gasteiger partial charge in [0, 0.05) is 6.42 Å². The molecule has 0 saturated heterocycles. The quantitative estimate of drug-likeness (QED) is 0.421. The number of aliphatic carboxylic acids is 1. The van der Waals surface area contributed by atoms with Crippen molar-refractivity contribution in [3.05, 3.63) is 35.9 Å². The predicted molar refractivity (Wildman–Crippen MR) is 124 cm³/mol. The van der Waals surface area contributed by atoms with E-state index in [4.69, 9.17) is 4.74 Å². The molecule has 1 aromatic carbocycles. The van der Waals surface area contributed by atoms with Gasteiger partial charge in [-0.15, -0.1) is 0 Å². The van der Waals surface area contributed by atoms with Crippen LogP contribution in [0.15, 0.2) is 30.3 Å². The van der Waals surface area contributed by atoms with E-state index in [0.29, 0.717) is 0 Å². The standard InChI is InChI=1S/C24H37N3O6/c1-14(2)18(27-23(32)33-24(5,6)7)21(29)25-17(13-16-11-9-8-10-12-16)20(28)26-19(15(3)4)22(30)31/h8-12,14-15,17-19H,13H2,1-7H3,(H,25,29)(H,26,28)(H,27,32)(H,30,31)/t17-,18-,19-/m0/s1. The lowest BCUT2D eigenvalue weighted by Gasteiger charge is -2.28. The molecule has 0 aromatic heterocycles. The summed E-state index contributed by atoms with van der Waals surface area (Å²) < 4.78 is 5.25. The third-order valence-electron chi connectivity index (χ3n) is 4.77. The van der Waals surface area contributed by atoms with Gasteiger partial charge < -0.3 is 25.8 Å². The zero-order valence-electron chi connectivity index (χ0n) is 20.5. The smallest absolute Gasteiger partial charge is 0.408 e. The van der Waals surface area contributed by atoms with Gasteiger partial charge in [0.05, 0.1) is 0 Å². The van der Waals surface area contributed by atoms with Crippen LogP contribution in [0.4, 0.5) is 4.79 Å². The third-order valence-corrected chi connectivity index (χ3v) is 4.77. The molecule has 0 heterocycles. The molecule has 184 valence electrons. The van der Waals surface area contributed by atoms with Crippen molar-refractivity contribution < 1.29 is 29.0 Å². The van der Waals surface area contributed by atoms with Crippen LogP contribution in [0.2, 0.25) is 0 Å². The maximum atomic E-state index is 13.1. The van der Waals surface area contributed by atoms with Gasteiger partial charge in [0.15, 0.2) is 0 Å². The van der Waals surface area contributed by atoms with Crippen molar-refractivity contribution in [1.29, 1.82) is 0 Å². The van der Waals surface area contributed by atoms with Gasteiger partial charge in [-0.05, 0) is 38.2 Å². The number of nitrogens with one attached hydrogen (secondary N) is 3. The largest absolute Gasteiger partial charge is 0.480 e. The molecule has 0 radical (unpaired) electrons. The number of carboxylic acids is 1. The number of carboxylic acid groups (broad SMARTS) is 1. The van der Waals surface area contributed by atoms with Crippen LogP contribution in [0, 0.1) is 11.8 Å². The molecule has 0 bridgehead atoms. The van der Waals surface area contributed by atoms with Gasteiger partial charge in [-0.3, -0.25) is 9.59 Å². The minimum Gasteiger partial charge on any atom is -0.480 e. The normalized spacial score (nSPS) is 14.2. The van der Waals surface area contributed by atoms with Gasteiger partial charge in [-0.2, -0.15) is 0 Å². The van der Waals surface area contributed by atoms with Crippen molar-refractivity contribution in [2.24, 2.45) is 11.8 Å². The van der Waals surface area contributed by atoms with Crippen LogP contribution in [0.25, 0.3) is 0 Å². The molecule has 0 aliphatic carbocycles. The number of ether oxygens (including phenoxy) is 1. The van der Waals surface area contributed by atoms with E-state index in [-0.39, 0.29) is 18.3 Å². The van der Waals surface area contributed by atoms with Gasteiger partial charge in [-0.25, -0.2) is 9.59 Å². The predicted octanol–water partition coefficient (Wildman–Crippen LogP) is 2.49. The highest BCUT2D eigenvalue weighted by Gasteiger charge is 2.32. The summed E-state index contributed by atoms with van der Waals surface area (Å²) in [6.45, 7) is 12.0. The molecule has 9 heteroatoms. The Morgan fingerprint density at radius 2 is 1.39 bits per heavy atom. The van der Waals surface area contributed by atoms with E-state index in [1.807, 2.05) is 18.2 Å². The van der Waals surface area contributed by atoms with Gasteiger partial charge in [0.2, 0.25) is 11.8 Å². The van der Waals surface area contributed by atoms with Crippen molar-refractivity contribution >= 4 is 23.9 Å². The molecule has 0 spiro atoms. The van der Waals surface area contributed by atoms with Crippen LogP contribution >= 0.6 is 0 Å². The van der Waals surface area contributed by atoms with Crippen molar-refractivity contribution in [2.45, 2.75) is 78.6 Å². The van der Waals surface area contributed by atoms with Gasteiger partial charge in [-0.1, -0.05) is 58.0 Å². The number of hydrogen-bond acceptors (Lipinski definition) is 5. The van der Waals surface area contributed by atoms with Crippen LogP contribution < -0.4 is 16.0 Å². The second-order valence-corrected chi connectivity index (χ2v) is 9.69. The Balaban J connectivity index is 3.08. The molecular weight excluding hydrogens is 426 g/mol. The average Bonchev–Trinajstić information content (AvgIpc) is 2.68. The first-order chi connectivity index (χ1) is 15.2. The van der Waals surface area contributed by atoms with Crippen LogP contribution in [0.1, 0.15) is 54.0 Å². The second kappa shape index (κ2) is 12.2. The lowest BCUT2D eigenvalue weighted by atomic mass is 10.00. The summed E-state index contributed by atoms with van der Waals surface area (Å²) in [4.78, 5) is 49.8. The van der Waals surface area contributed by atoms with Crippen LogP contribution in [0.5, 0.6) is 0 Å². The molecule has 1 aromatic rings. The zero-order valence-corrected chi connectivity index (χ0v) is 20.5. The van der Waals surface area contributed by atoms with Gasteiger partial charge in [0.1, 0.15) is 23.7 Å². The highest BCUT2D eigenvalue weighted by Crippen LogP contribution is 2.11. The Morgan fingerprint density at radius 1 is 0.848 bits per heavy atom. The monoisotopic (exact) mass is 463 g/mol. The molecule has 3 atom stereocenters. The molecule has 33 heavy (non-hydrogen) atoms. The summed E-state index contributed by atoms with van der Waals surface area (Å²) in [6.07, 6.45) is -0.591. The molecule has 9 nitrogen and oxygen atoms in total. The minimum absolute atomic E-state index is 0.153. The molecule has 3 amide bonds. The molecule has 0 aliphatic rings. The Kier molecular flexibility index (Phi) is 10.3. The van der Waals surface area contributed by atoms with Gasteiger partial charge in [0.25, 0.3) is 0 Å². The van der Waals surface area contributed by atoms with Crippen LogP contribution in [-0.4, -0.2) is 52.7 Å². The summed E-state index contributed by atoms with van der Waals surface area (Å²) in [5.41, 5.74) is 0.0520. The SMILES string of the molecule is CC(C)[C@H](NC(=O)[C@H](Cc1ccccc1)NC(=O)[C@@H](NC(=O)OC(C)(C)C)C(C)C)C(=O)O. The van der Waals surface area contributed by atoms with E-state index in [1.54, 1.807) is 60.6 Å². The molecule has 0 fully saturated rings. The number of alkyl carbamates (subject to hydrolysis) is 1. The highest BCUT2D eigenvalue weighted by molar-refractivity contribution is 5.93. The molecule has 4 N–H and O–H groups in total. The van der Waals surface area contributed by atoms with Crippen molar-refractivity contribution in [3.63, 3.8) is 0 Å². The van der Waals surface area contributed by atoms with E-state index < -0.39 is 47.6 Å². The summed E-state index contributed by atoms with van der Waals surface area (Å²) in [7, 11) is 0. The fourth-order valence-corrected chi connectivity index (χ4v) is 3.06. The fraction of sp³-hybridized carbons (Fsp3) is 0.583. The van der Waals surface area contributed by atoms with E-state index in [0.717, 1.165) is 5.56 Å². The lowest BCUT2D eigenvalue weighted by molar-refractivity contribution is -0.143. The van der Waals surface area contributed by atoms with E-state index >= 15 is 0 Å². The molecule has 0 saturated carbocycles. The first-order valence-electron chi connectivity index (χ1n) is 11.1. The Morgan fingerprint density at radius 3 is 1.85 bits per heavy atom. The average molecular weight is 464 g/mol. The summed E-state index contributed by atoms with van der Waals surface area (Å²) in [5, 5.41) is 17.2. The van der Waals surface area contributed by atoms with Crippen molar-refractivity contribution in [2.75, 3.05) is 0 Å². The van der Waals surface area contributed by atoms with Crippen LogP contribution in [0.3, 0.4) is 0 Å². The lowest BCUT2D eigenvalue weighted by Crippen LogP contribution is -2.58. The molecule has 1 rings (SSSR count). The Labute approximate surface area is 195 Å². The Bertz CT molecular complexity index is 817. The summed E-state index contributed by atoms with van der Waals surface area (Å²) in [6, 6.07) is 5.96. The minimum atomic E-state index is -1.16. The van der Waals surface area contributed by atoms with E-state index in [1.165, 1.54) is 0 Å². The first-order valence-corrected chi connectivity index (χ1v) is 11.1. The maximum Gasteiger partial charge on any atom is 0.408 e. The number of rotatable bonds is 10. The zero-order chi connectivity index (χ0) is 25.3. The summed E-state index contributed by atoms with van der Waals surface area (Å²) >= 11 is 0. The highest BCUT2D eigenvalue weighted by atomic mass is 16.6.